The van der Waals surface area contributed by atoms with E-state index in [4.69, 9.17) is 5.41 Å². The molecule has 0 saturated carbocycles. The Hall–Kier alpha value is -1.65. The van der Waals surface area contributed by atoms with Crippen LogP contribution in [0, 0.1) is 5.41 Å². The largest absolute Gasteiger partial charge is 0.357 e. The number of rotatable bonds is 1. The van der Waals surface area contributed by atoms with Crippen molar-refractivity contribution in [1.82, 2.24) is 14.9 Å². The summed E-state index contributed by atoms with van der Waals surface area (Å²) in [5, 5.41) is 7.75. The first kappa shape index (κ1) is 12.4. The molecule has 102 valence electrons. The van der Waals surface area contributed by atoms with Crippen molar-refractivity contribution < 1.29 is 0 Å². The van der Waals surface area contributed by atoms with Crippen LogP contribution < -0.4 is 4.90 Å². The lowest BCUT2D eigenvalue weighted by molar-refractivity contribution is 0.333. The molecule has 0 radical (unpaired) electrons. The van der Waals surface area contributed by atoms with Crippen LogP contribution in [0.25, 0.3) is 0 Å². The molecule has 1 atom stereocenters. The second kappa shape index (κ2) is 4.79. The number of anilines is 1. The fourth-order valence-electron chi connectivity index (χ4n) is 3.17. The maximum Gasteiger partial charge on any atom is 0.135 e. The fourth-order valence-corrected chi connectivity index (χ4v) is 3.17. The van der Waals surface area contributed by atoms with Gasteiger partial charge in [0.1, 0.15) is 12.1 Å². The molecule has 5 heteroatoms. The summed E-state index contributed by atoms with van der Waals surface area (Å²) in [6.45, 7) is 6.86. The molecule has 2 aliphatic rings. The zero-order chi connectivity index (χ0) is 13.4. The lowest BCUT2D eigenvalue weighted by Crippen LogP contribution is -2.53. The molecule has 1 fully saturated rings. The van der Waals surface area contributed by atoms with Crippen LogP contribution in [-0.4, -0.2) is 46.4 Å². The minimum Gasteiger partial charge on any atom is -0.357 e. The third-order valence-electron chi connectivity index (χ3n) is 4.23. The highest BCUT2D eigenvalue weighted by molar-refractivity contribution is 5.76. The molecule has 1 aromatic heterocycles. The van der Waals surface area contributed by atoms with E-state index in [1.54, 1.807) is 6.33 Å². The van der Waals surface area contributed by atoms with Gasteiger partial charge in [0.15, 0.2) is 0 Å². The summed E-state index contributed by atoms with van der Waals surface area (Å²) in [5.74, 6) is 1.80. The van der Waals surface area contributed by atoms with Crippen molar-refractivity contribution in [2.24, 2.45) is 0 Å². The highest BCUT2D eigenvalue weighted by atomic mass is 15.3. The highest BCUT2D eigenvalue weighted by Gasteiger charge is 2.28. The maximum absolute atomic E-state index is 7.75. The number of hydrogen-bond acceptors (Lipinski definition) is 4. The smallest absolute Gasteiger partial charge is 0.135 e. The number of fused-ring (bicyclic) bond motifs is 1. The lowest BCUT2D eigenvalue weighted by Gasteiger charge is -2.41. The number of aryl methyl sites for hydroxylation is 1. The van der Waals surface area contributed by atoms with Crippen molar-refractivity contribution >= 4 is 11.7 Å². The molecule has 0 spiro atoms. The normalized spacial score (nSPS) is 22.5. The average Bonchev–Trinajstić information content (AvgIpc) is 2.86. The average molecular weight is 259 g/mol. The molecule has 1 N–H and O–H groups in total. The first-order valence-corrected chi connectivity index (χ1v) is 7.06. The van der Waals surface area contributed by atoms with Crippen LogP contribution in [0.2, 0.25) is 0 Å². The molecular formula is C14H21N5. The quantitative estimate of drug-likeness (QED) is 0.613. The number of nitrogens with zero attached hydrogens (tertiary/aromatic N) is 4. The van der Waals surface area contributed by atoms with Gasteiger partial charge in [-0.05, 0) is 33.1 Å². The fraction of sp³-hybridized carbons (Fsp3) is 0.643. The lowest BCUT2D eigenvalue weighted by atomic mass is 10.1. The monoisotopic (exact) mass is 259 g/mol. The van der Waals surface area contributed by atoms with E-state index in [2.05, 4.69) is 26.7 Å². The SMILES string of the molecule is CC(=N)N1CCN(c2ncnc3c2CCC3)C(C)C1. The topological polar surface area (TPSA) is 56.1 Å². The van der Waals surface area contributed by atoms with E-state index < -0.39 is 0 Å². The van der Waals surface area contributed by atoms with Gasteiger partial charge < -0.3 is 9.80 Å². The third-order valence-corrected chi connectivity index (χ3v) is 4.23. The van der Waals surface area contributed by atoms with E-state index in [0.717, 1.165) is 38.3 Å². The molecule has 1 saturated heterocycles. The van der Waals surface area contributed by atoms with E-state index >= 15 is 0 Å². The molecule has 2 heterocycles. The van der Waals surface area contributed by atoms with Crippen LogP contribution in [-0.2, 0) is 12.8 Å². The Morgan fingerprint density at radius 1 is 1.32 bits per heavy atom. The van der Waals surface area contributed by atoms with Gasteiger partial charge in [-0.3, -0.25) is 5.41 Å². The van der Waals surface area contributed by atoms with Crippen molar-refractivity contribution in [2.75, 3.05) is 24.5 Å². The van der Waals surface area contributed by atoms with Crippen LogP contribution in [0.1, 0.15) is 31.5 Å². The van der Waals surface area contributed by atoms with Gasteiger partial charge in [-0.15, -0.1) is 0 Å². The Morgan fingerprint density at radius 3 is 2.89 bits per heavy atom. The zero-order valence-electron chi connectivity index (χ0n) is 11.7. The molecular weight excluding hydrogens is 238 g/mol. The summed E-state index contributed by atoms with van der Waals surface area (Å²) in [7, 11) is 0. The number of aromatic nitrogens is 2. The van der Waals surface area contributed by atoms with E-state index in [1.807, 2.05) is 6.92 Å². The molecule has 3 rings (SSSR count). The van der Waals surface area contributed by atoms with E-state index in [0.29, 0.717) is 11.9 Å². The minimum atomic E-state index is 0.397. The van der Waals surface area contributed by atoms with Crippen LogP contribution in [0.15, 0.2) is 6.33 Å². The first-order valence-electron chi connectivity index (χ1n) is 7.06. The Balaban J connectivity index is 1.84. The van der Waals surface area contributed by atoms with Crippen LogP contribution >= 0.6 is 0 Å². The molecule has 0 amide bonds. The van der Waals surface area contributed by atoms with Crippen LogP contribution in [0.3, 0.4) is 0 Å². The van der Waals surface area contributed by atoms with Gasteiger partial charge in [-0.2, -0.15) is 0 Å². The minimum absolute atomic E-state index is 0.397. The van der Waals surface area contributed by atoms with Crippen molar-refractivity contribution in [3.05, 3.63) is 17.6 Å². The Labute approximate surface area is 114 Å². The summed E-state index contributed by atoms with van der Waals surface area (Å²) in [6, 6.07) is 0.397. The van der Waals surface area contributed by atoms with Crippen molar-refractivity contribution in [2.45, 2.75) is 39.2 Å². The van der Waals surface area contributed by atoms with Gasteiger partial charge >= 0.3 is 0 Å². The van der Waals surface area contributed by atoms with Gasteiger partial charge in [-0.25, -0.2) is 9.97 Å². The molecule has 0 bridgehead atoms. The van der Waals surface area contributed by atoms with Gasteiger partial charge in [0.05, 0.1) is 5.84 Å². The van der Waals surface area contributed by atoms with E-state index in [-0.39, 0.29) is 0 Å². The van der Waals surface area contributed by atoms with Gasteiger partial charge in [-0.1, -0.05) is 0 Å². The standard InChI is InChI=1S/C14H21N5/c1-10-8-18(11(2)15)6-7-19(10)14-12-4-3-5-13(12)16-9-17-14/h9-10,15H,3-8H2,1-2H3. The Kier molecular flexibility index (Phi) is 3.12. The molecule has 0 aromatic carbocycles. The molecule has 1 unspecified atom stereocenters. The van der Waals surface area contributed by atoms with E-state index in [1.165, 1.54) is 17.7 Å². The molecule has 1 aliphatic carbocycles. The summed E-state index contributed by atoms with van der Waals surface area (Å²) >= 11 is 0. The molecule has 19 heavy (non-hydrogen) atoms. The van der Waals surface area contributed by atoms with Crippen molar-refractivity contribution in [3.8, 4) is 0 Å². The number of piperazine rings is 1. The number of nitrogens with one attached hydrogen (secondary N) is 1. The van der Waals surface area contributed by atoms with Crippen molar-refractivity contribution in [1.29, 1.82) is 5.41 Å². The zero-order valence-corrected chi connectivity index (χ0v) is 11.7. The molecule has 1 aromatic rings. The maximum atomic E-state index is 7.75. The number of amidine groups is 1. The molecule has 1 aliphatic heterocycles. The highest BCUT2D eigenvalue weighted by Crippen LogP contribution is 2.29. The predicted octanol–water partition coefficient (Wildman–Crippen LogP) is 1.47. The summed E-state index contributed by atoms with van der Waals surface area (Å²) in [6.07, 6.45) is 5.12. The third kappa shape index (κ3) is 2.17. The number of hydrogen-bond donors (Lipinski definition) is 1. The van der Waals surface area contributed by atoms with Gasteiger partial charge in [0.2, 0.25) is 0 Å². The van der Waals surface area contributed by atoms with Gasteiger partial charge in [0, 0.05) is 36.9 Å². The predicted molar refractivity (Wildman–Crippen MR) is 75.8 cm³/mol. The second-order valence-corrected chi connectivity index (χ2v) is 5.55. The summed E-state index contributed by atoms with van der Waals surface area (Å²) in [5.41, 5.74) is 2.59. The van der Waals surface area contributed by atoms with Gasteiger partial charge in [0.25, 0.3) is 0 Å². The second-order valence-electron chi connectivity index (χ2n) is 5.55. The Bertz CT molecular complexity index is 499. The Morgan fingerprint density at radius 2 is 2.16 bits per heavy atom. The first-order chi connectivity index (χ1) is 9.16. The summed E-state index contributed by atoms with van der Waals surface area (Å²) < 4.78 is 0. The molecule has 5 nitrogen and oxygen atoms in total. The van der Waals surface area contributed by atoms with Crippen LogP contribution in [0.5, 0.6) is 0 Å². The van der Waals surface area contributed by atoms with Crippen LogP contribution in [0.4, 0.5) is 5.82 Å². The summed E-state index contributed by atoms with van der Waals surface area (Å²) in [4.78, 5) is 13.5. The van der Waals surface area contributed by atoms with E-state index in [9.17, 15) is 0 Å². The van der Waals surface area contributed by atoms with Crippen molar-refractivity contribution in [3.63, 3.8) is 0 Å².